The second-order valence-corrected chi connectivity index (χ2v) is 11.1. The Morgan fingerprint density at radius 1 is 1.27 bits per heavy atom. The molecular weight excluding hydrogens is 542 g/mol. The van der Waals surface area contributed by atoms with Gasteiger partial charge >= 0.3 is 12.1 Å². The summed E-state index contributed by atoms with van der Waals surface area (Å²) >= 11 is 0. The lowest BCUT2D eigenvalue weighted by molar-refractivity contribution is -0.121. The lowest BCUT2D eigenvalue weighted by Gasteiger charge is -2.33. The number of rotatable bonds is 8. The minimum Gasteiger partial charge on any atom is -0.492 e. The average molecular weight is 577 g/mol. The Morgan fingerprint density at radius 2 is 1.98 bits per heavy atom. The highest BCUT2D eigenvalue weighted by atomic mass is 19.1. The van der Waals surface area contributed by atoms with Crippen LogP contribution in [0.3, 0.4) is 0 Å². The first-order valence-corrected chi connectivity index (χ1v) is 13.3. The SMILES string of the molecule is COc1c(N2CCCC(=CC(F)NC(=O)CNC(=O)OC(C)(C)C)C2)c(F)cc2c(=O)c(C(=O)O)cn(C3CC3)c12. The minimum absolute atomic E-state index is 0.0408. The maximum absolute atomic E-state index is 15.6. The summed E-state index contributed by atoms with van der Waals surface area (Å²) in [6.45, 7) is 5.09. The van der Waals surface area contributed by atoms with Gasteiger partial charge in [0.05, 0.1) is 18.0 Å². The number of halogens is 2. The largest absolute Gasteiger partial charge is 0.492 e. The maximum Gasteiger partial charge on any atom is 0.408 e. The Morgan fingerprint density at radius 3 is 2.59 bits per heavy atom. The second-order valence-electron chi connectivity index (χ2n) is 11.1. The fraction of sp³-hybridized carbons (Fsp3) is 0.500. The van der Waals surface area contributed by atoms with Crippen LogP contribution in [0, 0.1) is 5.82 Å². The first-order chi connectivity index (χ1) is 19.3. The normalized spacial score (nSPS) is 17.3. The molecule has 1 atom stereocenters. The summed E-state index contributed by atoms with van der Waals surface area (Å²) in [4.78, 5) is 50.1. The van der Waals surface area contributed by atoms with E-state index in [1.807, 2.05) is 0 Å². The van der Waals surface area contributed by atoms with E-state index in [0.29, 0.717) is 30.5 Å². The third-order valence-corrected chi connectivity index (χ3v) is 6.68. The van der Waals surface area contributed by atoms with Crippen molar-refractivity contribution in [3.05, 3.63) is 45.5 Å². The van der Waals surface area contributed by atoms with Gasteiger partial charge in [0.15, 0.2) is 17.9 Å². The lowest BCUT2D eigenvalue weighted by Crippen LogP contribution is -2.42. The molecule has 1 aromatic carbocycles. The first kappa shape index (κ1) is 29.8. The van der Waals surface area contributed by atoms with Gasteiger partial charge in [-0.15, -0.1) is 0 Å². The molecule has 1 aliphatic heterocycles. The van der Waals surface area contributed by atoms with Crippen molar-refractivity contribution in [3.63, 3.8) is 0 Å². The van der Waals surface area contributed by atoms with Gasteiger partial charge in [0.2, 0.25) is 11.3 Å². The molecule has 2 heterocycles. The van der Waals surface area contributed by atoms with E-state index in [9.17, 15) is 28.7 Å². The van der Waals surface area contributed by atoms with E-state index in [-0.39, 0.29) is 29.4 Å². The topological polar surface area (TPSA) is 139 Å². The third-order valence-electron chi connectivity index (χ3n) is 6.68. The van der Waals surface area contributed by atoms with Gasteiger partial charge in [-0.3, -0.25) is 9.59 Å². The number of alkyl halides is 1. The van der Waals surface area contributed by atoms with E-state index in [1.165, 1.54) is 19.4 Å². The van der Waals surface area contributed by atoms with Gasteiger partial charge in [-0.2, -0.15) is 0 Å². The Kier molecular flexibility index (Phi) is 8.55. The number of hydrogen-bond acceptors (Lipinski definition) is 7. The molecule has 41 heavy (non-hydrogen) atoms. The van der Waals surface area contributed by atoms with Gasteiger partial charge in [0.25, 0.3) is 0 Å². The molecule has 3 N–H and O–H groups in total. The highest BCUT2D eigenvalue weighted by molar-refractivity contribution is 5.97. The molecule has 0 spiro atoms. The van der Waals surface area contributed by atoms with Gasteiger partial charge in [0.1, 0.15) is 23.4 Å². The number of ether oxygens (including phenoxy) is 2. The quantitative estimate of drug-likeness (QED) is 0.320. The van der Waals surface area contributed by atoms with E-state index in [1.54, 1.807) is 30.2 Å². The van der Waals surface area contributed by atoms with Crippen LogP contribution in [0.5, 0.6) is 5.75 Å². The zero-order valence-corrected chi connectivity index (χ0v) is 23.4. The van der Waals surface area contributed by atoms with Crippen molar-refractivity contribution < 1.29 is 37.7 Å². The van der Waals surface area contributed by atoms with E-state index >= 15 is 4.39 Å². The fourth-order valence-electron chi connectivity index (χ4n) is 4.87. The number of aromatic carboxylic acids is 1. The summed E-state index contributed by atoms with van der Waals surface area (Å²) in [6.07, 6.45) is 2.49. The molecular formula is C28H34F2N4O7. The number of methoxy groups -OCH3 is 1. The monoisotopic (exact) mass is 576 g/mol. The smallest absolute Gasteiger partial charge is 0.408 e. The summed E-state index contributed by atoms with van der Waals surface area (Å²) in [7, 11) is 1.35. The van der Waals surface area contributed by atoms with Crippen molar-refractivity contribution in [2.45, 2.75) is 64.4 Å². The molecule has 11 nitrogen and oxygen atoms in total. The number of carboxylic acids is 1. The molecule has 1 saturated carbocycles. The van der Waals surface area contributed by atoms with Crippen LogP contribution >= 0.6 is 0 Å². The number of benzene rings is 1. The number of anilines is 1. The van der Waals surface area contributed by atoms with Crippen molar-refractivity contribution in [1.29, 1.82) is 0 Å². The maximum atomic E-state index is 15.6. The molecule has 1 unspecified atom stereocenters. The lowest BCUT2D eigenvalue weighted by atomic mass is 10.0. The van der Waals surface area contributed by atoms with E-state index in [2.05, 4.69) is 10.6 Å². The average Bonchev–Trinajstić information content (AvgIpc) is 3.71. The Balaban J connectivity index is 1.56. The molecule has 1 saturated heterocycles. The second kappa shape index (κ2) is 11.8. The number of nitrogens with zero attached hydrogens (tertiary/aromatic N) is 2. The highest BCUT2D eigenvalue weighted by Crippen LogP contribution is 2.44. The zero-order chi connectivity index (χ0) is 30.1. The number of amides is 2. The summed E-state index contributed by atoms with van der Waals surface area (Å²) in [5.41, 5.74) is -0.992. The number of fused-ring (bicyclic) bond motifs is 1. The number of alkyl carbamates (subject to hydrolysis) is 1. The highest BCUT2D eigenvalue weighted by Gasteiger charge is 2.32. The van der Waals surface area contributed by atoms with Crippen molar-refractivity contribution in [1.82, 2.24) is 15.2 Å². The van der Waals surface area contributed by atoms with Crippen LogP contribution in [-0.4, -0.2) is 66.3 Å². The van der Waals surface area contributed by atoms with Gasteiger partial charge in [-0.25, -0.2) is 18.4 Å². The van der Waals surface area contributed by atoms with Crippen LogP contribution < -0.4 is 25.7 Å². The Labute approximate surface area is 235 Å². The van der Waals surface area contributed by atoms with Crippen LogP contribution in [0.25, 0.3) is 10.9 Å². The molecule has 0 bridgehead atoms. The molecule has 0 radical (unpaired) electrons. The molecule has 2 fully saturated rings. The molecule has 4 rings (SSSR count). The fourth-order valence-corrected chi connectivity index (χ4v) is 4.87. The van der Waals surface area contributed by atoms with Crippen LogP contribution in [0.1, 0.15) is 62.9 Å². The minimum atomic E-state index is -1.85. The molecule has 2 aliphatic rings. The number of hydrogen-bond donors (Lipinski definition) is 3. The number of carbonyl (C=O) groups is 3. The van der Waals surface area contributed by atoms with Crippen LogP contribution in [0.15, 0.2) is 28.7 Å². The molecule has 1 aliphatic carbocycles. The Bertz CT molecular complexity index is 1460. The zero-order valence-electron chi connectivity index (χ0n) is 23.4. The van der Waals surface area contributed by atoms with Gasteiger partial charge in [-0.05, 0) is 58.6 Å². The number of aromatic nitrogens is 1. The standard InChI is InChI=1S/C28H34F2N4O7/c1-28(2,3)41-27(39)31-12-21(35)32-20(30)10-15-6-5-9-33(13-15)23-19(29)11-17-22(25(23)40-4)34(16-7-8-16)14-18(24(17)36)26(37)38/h10-11,14,16,20H,5-9,12-13H2,1-4H3,(H,31,39)(H,32,35)(H,37,38). The number of pyridine rings is 1. The predicted octanol–water partition coefficient (Wildman–Crippen LogP) is 3.65. The number of carboxylic acid groups (broad SMARTS) is 1. The van der Waals surface area contributed by atoms with E-state index < -0.39 is 53.2 Å². The predicted molar refractivity (Wildman–Crippen MR) is 147 cm³/mol. The molecule has 13 heteroatoms. The van der Waals surface area contributed by atoms with Gasteiger partial charge in [-0.1, -0.05) is 5.57 Å². The number of carbonyl (C=O) groups excluding carboxylic acids is 2. The van der Waals surface area contributed by atoms with Crippen molar-refractivity contribution in [2.75, 3.05) is 31.6 Å². The molecule has 2 amide bonds. The van der Waals surface area contributed by atoms with Gasteiger partial charge in [0, 0.05) is 25.3 Å². The summed E-state index contributed by atoms with van der Waals surface area (Å²) in [5, 5.41) is 13.8. The number of piperidine rings is 1. The van der Waals surface area contributed by atoms with E-state index in [4.69, 9.17) is 9.47 Å². The van der Waals surface area contributed by atoms with E-state index in [0.717, 1.165) is 18.9 Å². The molecule has 2 aromatic rings. The van der Waals surface area contributed by atoms with Crippen molar-refractivity contribution in [2.24, 2.45) is 0 Å². The number of nitrogens with one attached hydrogen (secondary N) is 2. The van der Waals surface area contributed by atoms with Crippen molar-refractivity contribution >= 4 is 34.6 Å². The Hall–Kier alpha value is -4.16. The first-order valence-electron chi connectivity index (χ1n) is 13.3. The summed E-state index contributed by atoms with van der Waals surface area (Å²) < 4.78 is 42.7. The van der Waals surface area contributed by atoms with Gasteiger partial charge < -0.3 is 34.7 Å². The van der Waals surface area contributed by atoms with Crippen molar-refractivity contribution in [3.8, 4) is 5.75 Å². The van der Waals surface area contributed by atoms with Crippen LogP contribution in [0.4, 0.5) is 19.3 Å². The van der Waals surface area contributed by atoms with Crippen LogP contribution in [-0.2, 0) is 9.53 Å². The summed E-state index contributed by atoms with van der Waals surface area (Å²) in [6, 6.07) is 0.996. The third kappa shape index (κ3) is 6.95. The molecule has 222 valence electrons. The molecule has 1 aromatic heterocycles. The van der Waals surface area contributed by atoms with Crippen LogP contribution in [0.2, 0.25) is 0 Å². The summed E-state index contributed by atoms with van der Waals surface area (Å²) in [5.74, 6) is -2.82.